The SMILES string of the molecule is Cn1nc(C(C)(C)C)cc1C(F)CN. The lowest BCUT2D eigenvalue weighted by Crippen LogP contribution is -2.12. The molecule has 4 heteroatoms. The molecule has 0 spiro atoms. The van der Waals surface area contributed by atoms with Gasteiger partial charge in [0, 0.05) is 19.0 Å². The normalized spacial score (nSPS) is 14.4. The number of rotatable bonds is 2. The second-order valence-electron chi connectivity index (χ2n) is 4.53. The summed E-state index contributed by atoms with van der Waals surface area (Å²) in [6, 6.07) is 1.79. The summed E-state index contributed by atoms with van der Waals surface area (Å²) >= 11 is 0. The van der Waals surface area contributed by atoms with Gasteiger partial charge in [0.2, 0.25) is 0 Å². The Morgan fingerprint density at radius 1 is 1.57 bits per heavy atom. The van der Waals surface area contributed by atoms with Crippen LogP contribution in [0.4, 0.5) is 4.39 Å². The quantitative estimate of drug-likeness (QED) is 0.787. The molecule has 2 N–H and O–H groups in total. The third kappa shape index (κ3) is 2.12. The molecule has 0 fully saturated rings. The molecule has 1 rings (SSSR count). The summed E-state index contributed by atoms with van der Waals surface area (Å²) in [6.45, 7) is 6.15. The van der Waals surface area contributed by atoms with Crippen LogP contribution in [-0.4, -0.2) is 16.3 Å². The second-order valence-corrected chi connectivity index (χ2v) is 4.53. The van der Waals surface area contributed by atoms with Crippen molar-refractivity contribution in [1.82, 2.24) is 9.78 Å². The van der Waals surface area contributed by atoms with E-state index in [1.54, 1.807) is 17.8 Å². The van der Waals surface area contributed by atoms with Crippen molar-refractivity contribution < 1.29 is 4.39 Å². The molecule has 0 saturated heterocycles. The number of alkyl halides is 1. The van der Waals surface area contributed by atoms with E-state index in [1.807, 2.05) is 0 Å². The molecule has 1 aromatic rings. The van der Waals surface area contributed by atoms with E-state index < -0.39 is 6.17 Å². The molecular formula is C10H18FN3. The van der Waals surface area contributed by atoms with Gasteiger partial charge < -0.3 is 5.73 Å². The number of halogens is 1. The number of aryl methyl sites for hydroxylation is 1. The molecule has 0 aliphatic rings. The number of nitrogens with two attached hydrogens (primary N) is 1. The fourth-order valence-electron chi connectivity index (χ4n) is 1.26. The van der Waals surface area contributed by atoms with Gasteiger partial charge in [0.1, 0.15) is 0 Å². The van der Waals surface area contributed by atoms with Gasteiger partial charge in [-0.2, -0.15) is 5.10 Å². The van der Waals surface area contributed by atoms with Crippen LogP contribution >= 0.6 is 0 Å². The second kappa shape index (κ2) is 3.69. The van der Waals surface area contributed by atoms with Crippen molar-refractivity contribution in [2.24, 2.45) is 12.8 Å². The fourth-order valence-corrected chi connectivity index (χ4v) is 1.26. The van der Waals surface area contributed by atoms with Gasteiger partial charge in [0.15, 0.2) is 6.17 Å². The predicted molar refractivity (Wildman–Crippen MR) is 54.8 cm³/mol. The van der Waals surface area contributed by atoms with E-state index in [0.717, 1.165) is 5.69 Å². The Kier molecular flexibility index (Phi) is 2.95. The molecule has 80 valence electrons. The van der Waals surface area contributed by atoms with Gasteiger partial charge in [-0.05, 0) is 6.07 Å². The Morgan fingerprint density at radius 3 is 2.50 bits per heavy atom. The van der Waals surface area contributed by atoms with Gasteiger partial charge in [-0.3, -0.25) is 4.68 Å². The van der Waals surface area contributed by atoms with E-state index >= 15 is 0 Å². The summed E-state index contributed by atoms with van der Waals surface area (Å²) in [5.74, 6) is 0. The van der Waals surface area contributed by atoms with Crippen LogP contribution in [0.2, 0.25) is 0 Å². The zero-order valence-electron chi connectivity index (χ0n) is 9.21. The molecule has 0 bridgehead atoms. The number of aromatic nitrogens is 2. The smallest absolute Gasteiger partial charge is 0.154 e. The zero-order chi connectivity index (χ0) is 10.9. The number of nitrogens with zero attached hydrogens (tertiary/aromatic N) is 2. The fraction of sp³-hybridized carbons (Fsp3) is 0.700. The van der Waals surface area contributed by atoms with Crippen LogP contribution in [0.5, 0.6) is 0 Å². The minimum absolute atomic E-state index is 0.00309. The summed E-state index contributed by atoms with van der Waals surface area (Å²) < 4.78 is 14.9. The highest BCUT2D eigenvalue weighted by molar-refractivity contribution is 5.19. The highest BCUT2D eigenvalue weighted by Crippen LogP contribution is 2.24. The predicted octanol–water partition coefficient (Wildman–Crippen LogP) is 1.69. The molecule has 0 radical (unpaired) electrons. The maximum Gasteiger partial charge on any atom is 0.154 e. The van der Waals surface area contributed by atoms with E-state index in [0.29, 0.717) is 5.69 Å². The Labute approximate surface area is 84.1 Å². The summed E-state index contributed by atoms with van der Waals surface area (Å²) in [4.78, 5) is 0. The Balaban J connectivity index is 3.05. The summed E-state index contributed by atoms with van der Waals surface area (Å²) in [5, 5.41) is 4.27. The molecule has 3 nitrogen and oxygen atoms in total. The van der Waals surface area contributed by atoms with Crippen LogP contribution in [0.1, 0.15) is 38.3 Å². The van der Waals surface area contributed by atoms with Crippen LogP contribution in [0.15, 0.2) is 6.07 Å². The first kappa shape index (κ1) is 11.2. The molecule has 1 heterocycles. The standard InChI is InChI=1S/C10H18FN3/c1-10(2,3)9-5-8(7(11)6-12)14(4)13-9/h5,7H,6,12H2,1-4H3. The van der Waals surface area contributed by atoms with E-state index in [1.165, 1.54) is 0 Å². The summed E-state index contributed by atoms with van der Waals surface area (Å²) in [6.07, 6.45) is -1.12. The third-order valence-corrected chi connectivity index (χ3v) is 2.21. The molecule has 1 unspecified atom stereocenters. The highest BCUT2D eigenvalue weighted by Gasteiger charge is 2.21. The first-order valence-corrected chi connectivity index (χ1v) is 4.75. The Bertz CT molecular complexity index is 312. The van der Waals surface area contributed by atoms with E-state index in [2.05, 4.69) is 25.9 Å². The van der Waals surface area contributed by atoms with Crippen LogP contribution in [0, 0.1) is 0 Å². The molecule has 14 heavy (non-hydrogen) atoms. The molecule has 0 saturated carbocycles. The lowest BCUT2D eigenvalue weighted by molar-refractivity contribution is 0.334. The lowest BCUT2D eigenvalue weighted by Gasteiger charge is -2.13. The van der Waals surface area contributed by atoms with Gasteiger partial charge >= 0.3 is 0 Å². The first-order valence-electron chi connectivity index (χ1n) is 4.75. The topological polar surface area (TPSA) is 43.8 Å². The van der Waals surface area contributed by atoms with E-state index in [9.17, 15) is 4.39 Å². The molecular weight excluding hydrogens is 181 g/mol. The monoisotopic (exact) mass is 199 g/mol. The van der Waals surface area contributed by atoms with Crippen molar-refractivity contribution in [3.05, 3.63) is 17.5 Å². The Morgan fingerprint density at radius 2 is 2.14 bits per heavy atom. The van der Waals surface area contributed by atoms with Crippen molar-refractivity contribution in [2.45, 2.75) is 32.4 Å². The summed E-state index contributed by atoms with van der Waals surface area (Å²) in [7, 11) is 1.74. The first-order chi connectivity index (χ1) is 6.36. The summed E-state index contributed by atoms with van der Waals surface area (Å²) in [5.41, 5.74) is 6.67. The number of hydrogen-bond acceptors (Lipinski definition) is 2. The van der Waals surface area contributed by atoms with E-state index in [4.69, 9.17) is 5.73 Å². The minimum atomic E-state index is -1.12. The van der Waals surface area contributed by atoms with Crippen LogP contribution in [0.3, 0.4) is 0 Å². The molecule has 1 atom stereocenters. The highest BCUT2D eigenvalue weighted by atomic mass is 19.1. The molecule has 0 aliphatic heterocycles. The van der Waals surface area contributed by atoms with Crippen molar-refractivity contribution in [3.8, 4) is 0 Å². The average Bonchev–Trinajstić information content (AvgIpc) is 2.45. The van der Waals surface area contributed by atoms with Gasteiger partial charge in [-0.1, -0.05) is 20.8 Å². The lowest BCUT2D eigenvalue weighted by atomic mass is 9.92. The van der Waals surface area contributed by atoms with Crippen LogP contribution < -0.4 is 5.73 Å². The van der Waals surface area contributed by atoms with Crippen LogP contribution in [0.25, 0.3) is 0 Å². The van der Waals surface area contributed by atoms with Crippen molar-refractivity contribution in [2.75, 3.05) is 6.54 Å². The van der Waals surface area contributed by atoms with Gasteiger partial charge in [-0.15, -0.1) is 0 Å². The van der Waals surface area contributed by atoms with Crippen LogP contribution in [-0.2, 0) is 12.5 Å². The van der Waals surface area contributed by atoms with Crippen molar-refractivity contribution in [1.29, 1.82) is 0 Å². The third-order valence-electron chi connectivity index (χ3n) is 2.21. The maximum atomic E-state index is 13.3. The van der Waals surface area contributed by atoms with Gasteiger partial charge in [0.05, 0.1) is 11.4 Å². The molecule has 0 aromatic carbocycles. The molecule has 1 aromatic heterocycles. The largest absolute Gasteiger partial charge is 0.327 e. The maximum absolute atomic E-state index is 13.3. The average molecular weight is 199 g/mol. The van der Waals surface area contributed by atoms with Crippen molar-refractivity contribution >= 4 is 0 Å². The van der Waals surface area contributed by atoms with Gasteiger partial charge in [-0.25, -0.2) is 4.39 Å². The Hall–Kier alpha value is -0.900. The zero-order valence-corrected chi connectivity index (χ0v) is 9.21. The van der Waals surface area contributed by atoms with E-state index in [-0.39, 0.29) is 12.0 Å². The number of hydrogen-bond donors (Lipinski definition) is 1. The van der Waals surface area contributed by atoms with Gasteiger partial charge in [0.25, 0.3) is 0 Å². The minimum Gasteiger partial charge on any atom is -0.327 e. The molecule has 0 aliphatic carbocycles. The van der Waals surface area contributed by atoms with Crippen molar-refractivity contribution in [3.63, 3.8) is 0 Å². The molecule has 0 amide bonds.